The van der Waals surface area contributed by atoms with Crippen LogP contribution in [0.25, 0.3) is 16.7 Å². The molecule has 0 aliphatic carbocycles. The zero-order valence-electron chi connectivity index (χ0n) is 21.8. The summed E-state index contributed by atoms with van der Waals surface area (Å²) in [5, 5.41) is 5.21. The van der Waals surface area contributed by atoms with Crippen LogP contribution in [0.2, 0.25) is 23.4 Å². The Morgan fingerprint density at radius 1 is 1.00 bits per heavy atom. The van der Waals surface area contributed by atoms with E-state index < -0.39 is 14.1 Å². The van der Waals surface area contributed by atoms with E-state index in [0.29, 0.717) is 54.6 Å². The topological polar surface area (TPSA) is 71.3 Å². The van der Waals surface area contributed by atoms with Crippen LogP contribution in [0.1, 0.15) is 32.8 Å². The smallest absolute Gasteiger partial charge is 0.229 e. The molecule has 0 aliphatic heterocycles. The average Bonchev–Trinajstić information content (AvgIpc) is 3.26. The molecular weight excluding hydrogens is 511 g/mol. The first-order chi connectivity index (χ1) is 17.5. The summed E-state index contributed by atoms with van der Waals surface area (Å²) in [4.78, 5) is 8.60. The van der Waals surface area contributed by atoms with Gasteiger partial charge in [0.1, 0.15) is 29.2 Å². The lowest BCUT2D eigenvalue weighted by atomic mass is 10.2. The molecule has 0 saturated heterocycles. The van der Waals surface area contributed by atoms with Gasteiger partial charge in [-0.2, -0.15) is 15.1 Å². The van der Waals surface area contributed by atoms with Crippen LogP contribution in [0.4, 0.5) is 4.39 Å². The number of halogens is 2. The van der Waals surface area contributed by atoms with Crippen LogP contribution in [0.5, 0.6) is 11.6 Å². The fraction of sp³-hybridized carbons (Fsp3) is 0.370. The van der Waals surface area contributed by atoms with E-state index in [1.807, 2.05) is 30.3 Å². The Morgan fingerprint density at radius 2 is 1.76 bits per heavy atom. The first kappa shape index (κ1) is 27.0. The van der Waals surface area contributed by atoms with Gasteiger partial charge in [-0.1, -0.05) is 51.1 Å². The van der Waals surface area contributed by atoms with Crippen LogP contribution < -0.4 is 9.47 Å². The molecule has 196 valence electrons. The van der Waals surface area contributed by atoms with Crippen LogP contribution in [0.3, 0.4) is 0 Å². The third-order valence-electron chi connectivity index (χ3n) is 6.55. The summed E-state index contributed by atoms with van der Waals surface area (Å²) < 4.78 is 33.9. The van der Waals surface area contributed by atoms with Crippen LogP contribution in [-0.4, -0.2) is 41.3 Å². The second kappa shape index (κ2) is 11.2. The van der Waals surface area contributed by atoms with Crippen LogP contribution in [0, 0.1) is 5.82 Å². The van der Waals surface area contributed by atoms with Gasteiger partial charge in [0.15, 0.2) is 14.0 Å². The van der Waals surface area contributed by atoms with E-state index in [4.69, 9.17) is 25.5 Å². The fourth-order valence-electron chi connectivity index (χ4n) is 3.43. The summed E-state index contributed by atoms with van der Waals surface area (Å²) in [5.41, 5.74) is 1.95. The zero-order chi connectivity index (χ0) is 26.6. The number of benzene rings is 2. The summed E-state index contributed by atoms with van der Waals surface area (Å²) in [6.45, 7) is 12.3. The standard InChI is InChI=1S/C27H32ClFN4O3Si/c1-27(2,3)37(4,5)36-15-9-14-34-23-16-20(29)12-13-22(23)33-24-21(17-30-33)25(32-26(28)31-24)35-18-19-10-7-6-8-11-19/h6-8,10-13,16-17H,9,14-15,18H2,1-5H3. The predicted molar refractivity (Wildman–Crippen MR) is 146 cm³/mol. The molecule has 0 amide bonds. The Hall–Kier alpha value is -3.01. The first-order valence-corrected chi connectivity index (χ1v) is 15.5. The van der Waals surface area contributed by atoms with E-state index >= 15 is 0 Å². The third kappa shape index (κ3) is 6.47. The Morgan fingerprint density at radius 3 is 2.49 bits per heavy atom. The molecule has 7 nitrogen and oxygen atoms in total. The quantitative estimate of drug-likeness (QED) is 0.122. The van der Waals surface area contributed by atoms with Gasteiger partial charge >= 0.3 is 0 Å². The van der Waals surface area contributed by atoms with Crippen molar-refractivity contribution in [2.24, 2.45) is 0 Å². The molecule has 0 aliphatic rings. The van der Waals surface area contributed by atoms with Crippen molar-refractivity contribution in [3.05, 3.63) is 71.4 Å². The molecule has 4 rings (SSSR count). The minimum absolute atomic E-state index is 0.0182. The van der Waals surface area contributed by atoms with Crippen LogP contribution in [0.15, 0.2) is 54.7 Å². The normalized spacial score (nSPS) is 12.2. The Balaban J connectivity index is 1.52. The maximum absolute atomic E-state index is 14.2. The van der Waals surface area contributed by atoms with Crippen molar-refractivity contribution in [3.8, 4) is 17.3 Å². The van der Waals surface area contributed by atoms with E-state index in [9.17, 15) is 4.39 Å². The van der Waals surface area contributed by atoms with E-state index in [1.54, 1.807) is 16.9 Å². The molecule has 0 atom stereocenters. The van der Waals surface area contributed by atoms with Crippen LogP contribution in [-0.2, 0) is 11.0 Å². The second-order valence-electron chi connectivity index (χ2n) is 10.3. The Bertz CT molecular complexity index is 1360. The van der Waals surface area contributed by atoms with Crippen molar-refractivity contribution in [2.45, 2.75) is 51.9 Å². The third-order valence-corrected chi connectivity index (χ3v) is 11.3. The van der Waals surface area contributed by atoms with E-state index in [1.165, 1.54) is 12.1 Å². The number of rotatable bonds is 10. The van der Waals surface area contributed by atoms with Crippen molar-refractivity contribution in [1.29, 1.82) is 0 Å². The Kier molecular flexibility index (Phi) is 8.16. The SMILES string of the molecule is CC(C)(C)[Si](C)(C)OCCCOc1cc(F)ccc1-n1ncc2c(OCc3ccccc3)nc(Cl)nc21. The van der Waals surface area contributed by atoms with Crippen molar-refractivity contribution in [2.75, 3.05) is 13.2 Å². The van der Waals surface area contributed by atoms with E-state index in [-0.39, 0.29) is 10.3 Å². The number of fused-ring (bicyclic) bond motifs is 1. The maximum Gasteiger partial charge on any atom is 0.229 e. The molecule has 37 heavy (non-hydrogen) atoms. The highest BCUT2D eigenvalue weighted by Gasteiger charge is 2.36. The van der Waals surface area contributed by atoms with Crippen LogP contribution >= 0.6 is 11.6 Å². The lowest BCUT2D eigenvalue weighted by Gasteiger charge is -2.36. The van der Waals surface area contributed by atoms with Gasteiger partial charge in [0.2, 0.25) is 11.2 Å². The molecule has 0 bridgehead atoms. The highest BCUT2D eigenvalue weighted by Crippen LogP contribution is 2.36. The molecule has 0 spiro atoms. The second-order valence-corrected chi connectivity index (χ2v) is 15.4. The van der Waals surface area contributed by atoms with Gasteiger partial charge in [0, 0.05) is 19.1 Å². The molecule has 0 unspecified atom stereocenters. The number of hydrogen-bond donors (Lipinski definition) is 0. The van der Waals surface area contributed by atoms with Gasteiger partial charge < -0.3 is 13.9 Å². The molecule has 4 aromatic rings. The van der Waals surface area contributed by atoms with Gasteiger partial charge in [-0.25, -0.2) is 9.07 Å². The highest BCUT2D eigenvalue weighted by molar-refractivity contribution is 6.74. The van der Waals surface area contributed by atoms with Crippen molar-refractivity contribution >= 4 is 31.0 Å². The number of hydrogen-bond acceptors (Lipinski definition) is 6. The Labute approximate surface area is 222 Å². The number of nitrogens with zero attached hydrogens (tertiary/aromatic N) is 4. The largest absolute Gasteiger partial charge is 0.491 e. The number of aromatic nitrogens is 4. The summed E-state index contributed by atoms with van der Waals surface area (Å²) in [6, 6.07) is 14.0. The minimum Gasteiger partial charge on any atom is -0.491 e. The molecule has 0 N–H and O–H groups in total. The molecule has 0 saturated carbocycles. The van der Waals surface area contributed by atoms with Gasteiger partial charge in [-0.05, 0) is 47.4 Å². The summed E-state index contributed by atoms with van der Waals surface area (Å²) in [6.07, 6.45) is 2.28. The summed E-state index contributed by atoms with van der Waals surface area (Å²) in [7, 11) is -1.84. The van der Waals surface area contributed by atoms with Gasteiger partial charge in [0.05, 0.1) is 12.8 Å². The fourth-order valence-corrected chi connectivity index (χ4v) is 4.68. The molecule has 0 radical (unpaired) electrons. The number of ether oxygens (including phenoxy) is 2. The van der Waals surface area contributed by atoms with E-state index in [0.717, 1.165) is 5.56 Å². The first-order valence-electron chi connectivity index (χ1n) is 12.2. The molecule has 2 aromatic heterocycles. The van der Waals surface area contributed by atoms with Crippen molar-refractivity contribution in [3.63, 3.8) is 0 Å². The minimum atomic E-state index is -1.84. The summed E-state index contributed by atoms with van der Waals surface area (Å²) >= 11 is 6.23. The van der Waals surface area contributed by atoms with Gasteiger partial charge in [-0.15, -0.1) is 0 Å². The lowest BCUT2D eigenvalue weighted by Crippen LogP contribution is -2.41. The molecule has 2 aromatic carbocycles. The molecule has 2 heterocycles. The maximum atomic E-state index is 14.2. The van der Waals surface area contributed by atoms with Gasteiger partial charge in [-0.3, -0.25) is 0 Å². The zero-order valence-corrected chi connectivity index (χ0v) is 23.6. The monoisotopic (exact) mass is 542 g/mol. The molecule has 0 fully saturated rings. The molecular formula is C27H32ClFN4O3Si. The van der Waals surface area contributed by atoms with Crippen molar-refractivity contribution < 1.29 is 18.3 Å². The van der Waals surface area contributed by atoms with Gasteiger partial charge in [0.25, 0.3) is 0 Å². The predicted octanol–water partition coefficient (Wildman–Crippen LogP) is 6.98. The molecule has 10 heteroatoms. The lowest BCUT2D eigenvalue weighted by molar-refractivity contribution is 0.233. The summed E-state index contributed by atoms with van der Waals surface area (Å²) in [5.74, 6) is 0.253. The average molecular weight is 543 g/mol. The van der Waals surface area contributed by atoms with Crippen molar-refractivity contribution in [1.82, 2.24) is 19.7 Å². The van der Waals surface area contributed by atoms with E-state index in [2.05, 4.69) is 48.9 Å². The highest BCUT2D eigenvalue weighted by atomic mass is 35.5.